The fourth-order valence-corrected chi connectivity index (χ4v) is 4.19. The molecule has 8 heteroatoms. The number of rotatable bonds is 8. The van der Waals surface area contributed by atoms with E-state index in [-0.39, 0.29) is 10.8 Å². The Kier molecular flexibility index (Phi) is 7.64. The number of methoxy groups -OCH3 is 1. The SMILES string of the molecule is COc1ccc(S(=O)(=O)NCCCN(C)C)cc1C(=O)N1CCC(C)CC1. The first-order valence-corrected chi connectivity index (χ1v) is 10.8. The first-order chi connectivity index (χ1) is 12.7. The third-order valence-electron chi connectivity index (χ3n) is 4.86. The number of amides is 1. The van der Waals surface area contributed by atoms with E-state index in [2.05, 4.69) is 11.6 Å². The van der Waals surface area contributed by atoms with Crippen LogP contribution < -0.4 is 9.46 Å². The van der Waals surface area contributed by atoms with E-state index in [1.54, 1.807) is 11.0 Å². The molecule has 0 aliphatic carbocycles. The summed E-state index contributed by atoms with van der Waals surface area (Å²) in [5, 5.41) is 0. The van der Waals surface area contributed by atoms with Gasteiger partial charge in [-0.1, -0.05) is 6.92 Å². The molecule has 1 heterocycles. The Labute approximate surface area is 162 Å². The highest BCUT2D eigenvalue weighted by Gasteiger charge is 2.25. The number of carbonyl (C=O) groups excluding carboxylic acids is 1. The van der Waals surface area contributed by atoms with E-state index >= 15 is 0 Å². The minimum atomic E-state index is -3.67. The van der Waals surface area contributed by atoms with Crippen molar-refractivity contribution in [1.29, 1.82) is 0 Å². The average molecular weight is 398 g/mol. The number of likely N-dealkylation sites (tertiary alicyclic amines) is 1. The lowest BCUT2D eigenvalue weighted by molar-refractivity contribution is 0.0693. The second-order valence-corrected chi connectivity index (χ2v) is 9.16. The summed E-state index contributed by atoms with van der Waals surface area (Å²) in [6.45, 7) is 4.69. The quantitative estimate of drug-likeness (QED) is 0.677. The number of nitrogens with one attached hydrogen (secondary N) is 1. The lowest BCUT2D eigenvalue weighted by atomic mass is 9.98. The standard InChI is InChI=1S/C19H31N3O4S/c1-15-8-12-22(13-9-15)19(23)17-14-16(6-7-18(17)26-4)27(24,25)20-10-5-11-21(2)3/h6-7,14-15,20H,5,8-13H2,1-4H3. The van der Waals surface area contributed by atoms with Crippen LogP contribution in [0.1, 0.15) is 36.5 Å². The molecule has 27 heavy (non-hydrogen) atoms. The van der Waals surface area contributed by atoms with Crippen molar-refractivity contribution >= 4 is 15.9 Å². The molecule has 152 valence electrons. The van der Waals surface area contributed by atoms with Gasteiger partial charge in [0, 0.05) is 19.6 Å². The van der Waals surface area contributed by atoms with Crippen LogP contribution in [0.4, 0.5) is 0 Å². The molecule has 0 radical (unpaired) electrons. The molecule has 7 nitrogen and oxygen atoms in total. The molecule has 1 aromatic carbocycles. The van der Waals surface area contributed by atoms with Gasteiger partial charge in [0.05, 0.1) is 17.6 Å². The largest absolute Gasteiger partial charge is 0.496 e. The molecular weight excluding hydrogens is 366 g/mol. The van der Waals surface area contributed by atoms with Crippen molar-refractivity contribution in [3.8, 4) is 5.75 Å². The summed E-state index contributed by atoms with van der Waals surface area (Å²) in [5.74, 6) is 0.822. The zero-order chi connectivity index (χ0) is 20.0. The topological polar surface area (TPSA) is 79.0 Å². The first-order valence-electron chi connectivity index (χ1n) is 9.36. The van der Waals surface area contributed by atoms with Crippen LogP contribution in [-0.2, 0) is 10.0 Å². The molecule has 1 amide bonds. The Morgan fingerprint density at radius 3 is 2.56 bits per heavy atom. The van der Waals surface area contributed by atoms with Gasteiger partial charge in [0.15, 0.2) is 0 Å². The maximum atomic E-state index is 12.9. The van der Waals surface area contributed by atoms with E-state index < -0.39 is 10.0 Å². The van der Waals surface area contributed by atoms with E-state index in [1.807, 2.05) is 19.0 Å². The summed E-state index contributed by atoms with van der Waals surface area (Å²) < 4.78 is 33.1. The minimum Gasteiger partial charge on any atom is -0.496 e. The van der Waals surface area contributed by atoms with Crippen molar-refractivity contribution < 1.29 is 17.9 Å². The fourth-order valence-electron chi connectivity index (χ4n) is 3.09. The zero-order valence-corrected chi connectivity index (χ0v) is 17.5. The number of hydrogen-bond donors (Lipinski definition) is 1. The highest BCUT2D eigenvalue weighted by Crippen LogP contribution is 2.26. The highest BCUT2D eigenvalue weighted by atomic mass is 32.2. The van der Waals surface area contributed by atoms with Gasteiger partial charge in [-0.05, 0) is 64.0 Å². The normalized spacial score (nSPS) is 16.0. The lowest BCUT2D eigenvalue weighted by Gasteiger charge is -2.30. The van der Waals surface area contributed by atoms with Crippen molar-refractivity contribution in [1.82, 2.24) is 14.5 Å². The summed E-state index contributed by atoms with van der Waals surface area (Å²) in [5.41, 5.74) is 0.295. The molecule has 2 rings (SSSR count). The molecule has 1 aliphatic rings. The van der Waals surface area contributed by atoms with Crippen molar-refractivity contribution in [3.63, 3.8) is 0 Å². The van der Waals surface area contributed by atoms with Crippen LogP contribution in [0.2, 0.25) is 0 Å². The highest BCUT2D eigenvalue weighted by molar-refractivity contribution is 7.89. The average Bonchev–Trinajstić information content (AvgIpc) is 2.64. The monoisotopic (exact) mass is 397 g/mol. The Morgan fingerprint density at radius 1 is 1.30 bits per heavy atom. The number of piperidine rings is 1. The molecule has 1 fully saturated rings. The number of ether oxygens (including phenoxy) is 1. The van der Waals surface area contributed by atoms with Crippen LogP contribution in [-0.4, -0.2) is 71.5 Å². The smallest absolute Gasteiger partial charge is 0.257 e. The van der Waals surface area contributed by atoms with Gasteiger partial charge in [-0.3, -0.25) is 4.79 Å². The third kappa shape index (κ3) is 5.92. The van der Waals surface area contributed by atoms with Gasteiger partial charge < -0.3 is 14.5 Å². The predicted molar refractivity (Wildman–Crippen MR) is 106 cm³/mol. The number of sulfonamides is 1. The molecule has 0 spiro atoms. The van der Waals surface area contributed by atoms with Crippen LogP contribution in [0.5, 0.6) is 5.75 Å². The first kappa shape index (κ1) is 21.7. The molecule has 1 aromatic rings. The number of carbonyl (C=O) groups is 1. The van der Waals surface area contributed by atoms with Gasteiger partial charge in [0.25, 0.3) is 5.91 Å². The third-order valence-corrected chi connectivity index (χ3v) is 6.32. The van der Waals surface area contributed by atoms with Crippen LogP contribution in [0, 0.1) is 5.92 Å². The minimum absolute atomic E-state index is 0.0851. The number of hydrogen-bond acceptors (Lipinski definition) is 5. The number of benzene rings is 1. The maximum absolute atomic E-state index is 12.9. The molecule has 0 unspecified atom stereocenters. The van der Waals surface area contributed by atoms with E-state index in [4.69, 9.17) is 4.74 Å². The Balaban J connectivity index is 2.17. The molecular formula is C19H31N3O4S. The summed E-state index contributed by atoms with van der Waals surface area (Å²) in [4.78, 5) is 16.8. The summed E-state index contributed by atoms with van der Waals surface area (Å²) in [6.07, 6.45) is 2.62. The molecule has 1 saturated heterocycles. The predicted octanol–water partition coefficient (Wildman–Crippen LogP) is 1.80. The maximum Gasteiger partial charge on any atom is 0.257 e. The summed E-state index contributed by atoms with van der Waals surface area (Å²) in [7, 11) is 1.69. The van der Waals surface area contributed by atoms with Crippen molar-refractivity contribution in [3.05, 3.63) is 23.8 Å². The van der Waals surface area contributed by atoms with Gasteiger partial charge in [0.1, 0.15) is 5.75 Å². The molecule has 1 N–H and O–H groups in total. The molecule has 0 bridgehead atoms. The number of nitrogens with zero attached hydrogens (tertiary/aromatic N) is 2. The lowest BCUT2D eigenvalue weighted by Crippen LogP contribution is -2.38. The molecule has 0 atom stereocenters. The van der Waals surface area contributed by atoms with Crippen LogP contribution in [0.3, 0.4) is 0 Å². The van der Waals surface area contributed by atoms with Crippen molar-refractivity contribution in [2.75, 3.05) is 47.4 Å². The van der Waals surface area contributed by atoms with Gasteiger partial charge in [-0.15, -0.1) is 0 Å². The summed E-state index contributed by atoms with van der Waals surface area (Å²) >= 11 is 0. The second-order valence-electron chi connectivity index (χ2n) is 7.39. The Hall–Kier alpha value is -1.64. The van der Waals surface area contributed by atoms with Gasteiger partial charge in [0.2, 0.25) is 10.0 Å². The van der Waals surface area contributed by atoms with Gasteiger partial charge >= 0.3 is 0 Å². The van der Waals surface area contributed by atoms with Crippen LogP contribution >= 0.6 is 0 Å². The van der Waals surface area contributed by atoms with Gasteiger partial charge in [-0.2, -0.15) is 0 Å². The van der Waals surface area contributed by atoms with Crippen molar-refractivity contribution in [2.24, 2.45) is 5.92 Å². The summed E-state index contributed by atoms with van der Waals surface area (Å²) in [6, 6.07) is 4.45. The van der Waals surface area contributed by atoms with Crippen LogP contribution in [0.25, 0.3) is 0 Å². The van der Waals surface area contributed by atoms with E-state index in [0.717, 1.165) is 19.4 Å². The van der Waals surface area contributed by atoms with Crippen LogP contribution in [0.15, 0.2) is 23.1 Å². The van der Waals surface area contributed by atoms with E-state index in [0.29, 0.717) is 43.3 Å². The van der Waals surface area contributed by atoms with Gasteiger partial charge in [-0.25, -0.2) is 13.1 Å². The Bertz CT molecular complexity index is 741. The fraction of sp³-hybridized carbons (Fsp3) is 0.632. The Morgan fingerprint density at radius 2 is 1.96 bits per heavy atom. The molecule has 0 saturated carbocycles. The van der Waals surface area contributed by atoms with E-state index in [9.17, 15) is 13.2 Å². The van der Waals surface area contributed by atoms with Crippen molar-refractivity contribution in [2.45, 2.75) is 31.1 Å². The zero-order valence-electron chi connectivity index (χ0n) is 16.7. The van der Waals surface area contributed by atoms with E-state index in [1.165, 1.54) is 19.2 Å². The second kappa shape index (κ2) is 9.52. The molecule has 1 aliphatic heterocycles. The molecule has 0 aromatic heterocycles.